The van der Waals surface area contributed by atoms with Crippen molar-refractivity contribution in [1.82, 2.24) is 19.2 Å². The third kappa shape index (κ3) is 3.68. The van der Waals surface area contributed by atoms with Crippen LogP contribution in [0.25, 0.3) is 11.5 Å². The molecule has 162 valence electrons. The van der Waals surface area contributed by atoms with Gasteiger partial charge in [-0.2, -0.15) is 5.10 Å². The Morgan fingerprint density at radius 1 is 1.00 bits per heavy atom. The number of para-hydroxylation sites is 1. The fraction of sp³-hybridized carbons (Fsp3) is 0.231. The third-order valence-electron chi connectivity index (χ3n) is 6.06. The average molecular weight is 427 g/mol. The van der Waals surface area contributed by atoms with E-state index in [-0.39, 0.29) is 5.91 Å². The van der Waals surface area contributed by atoms with Crippen LogP contribution in [0.2, 0.25) is 0 Å². The minimum atomic E-state index is 0.153. The summed E-state index contributed by atoms with van der Waals surface area (Å²) in [6.45, 7) is 3.22. The van der Waals surface area contributed by atoms with Crippen LogP contribution in [0.15, 0.2) is 73.1 Å². The summed E-state index contributed by atoms with van der Waals surface area (Å²) in [5.74, 6) is 1.98. The monoisotopic (exact) mass is 426 g/mol. The number of carbonyl (C=O) groups excluding carboxylic acids is 1. The lowest BCUT2D eigenvalue weighted by atomic mass is 10.1. The van der Waals surface area contributed by atoms with Crippen molar-refractivity contribution in [2.24, 2.45) is 0 Å². The Morgan fingerprint density at radius 2 is 1.75 bits per heavy atom. The molecule has 0 bridgehead atoms. The summed E-state index contributed by atoms with van der Waals surface area (Å²) in [5, 5.41) is 4.94. The van der Waals surface area contributed by atoms with Gasteiger partial charge in [0.1, 0.15) is 11.6 Å². The zero-order valence-electron chi connectivity index (χ0n) is 18.4. The Bertz CT molecular complexity index is 1240. The van der Waals surface area contributed by atoms with Gasteiger partial charge >= 0.3 is 0 Å². The van der Waals surface area contributed by atoms with E-state index in [1.807, 2.05) is 70.5 Å². The highest BCUT2D eigenvalue weighted by Crippen LogP contribution is 2.31. The van der Waals surface area contributed by atoms with Crippen LogP contribution in [-0.4, -0.2) is 32.3 Å². The largest absolute Gasteiger partial charge is 0.497 e. The number of amides is 1. The highest BCUT2D eigenvalue weighted by molar-refractivity contribution is 5.77. The number of fused-ring (bicyclic) bond motifs is 1. The minimum absolute atomic E-state index is 0.153. The summed E-state index contributed by atoms with van der Waals surface area (Å²) in [6.07, 6.45) is 5.25. The van der Waals surface area contributed by atoms with Crippen molar-refractivity contribution in [3.05, 3.63) is 95.4 Å². The van der Waals surface area contributed by atoms with E-state index >= 15 is 0 Å². The molecule has 0 spiro atoms. The standard InChI is InChI=1S/C26H26N4O2/c1-19-7-3-4-8-24(19)30-26(28-15-5-6-16-28)22-17-29(18-23(22)27-30)25(31)14-11-20-9-12-21(32-2)13-10-20/h3-10,12-13,15-16H,11,14,17-18H2,1-2H3. The van der Waals surface area contributed by atoms with Crippen molar-refractivity contribution in [2.75, 3.05) is 7.11 Å². The van der Waals surface area contributed by atoms with E-state index in [1.165, 1.54) is 0 Å². The molecule has 0 N–H and O–H groups in total. The summed E-state index contributed by atoms with van der Waals surface area (Å²) in [7, 11) is 1.66. The number of methoxy groups -OCH3 is 1. The molecule has 0 aliphatic carbocycles. The maximum atomic E-state index is 13.0. The third-order valence-corrected chi connectivity index (χ3v) is 6.06. The highest BCUT2D eigenvalue weighted by Gasteiger charge is 2.31. The first-order valence-corrected chi connectivity index (χ1v) is 10.8. The molecular weight excluding hydrogens is 400 g/mol. The van der Waals surface area contributed by atoms with Crippen molar-refractivity contribution < 1.29 is 9.53 Å². The van der Waals surface area contributed by atoms with Crippen LogP contribution >= 0.6 is 0 Å². The van der Waals surface area contributed by atoms with Gasteiger partial charge in [0.25, 0.3) is 0 Å². The van der Waals surface area contributed by atoms with E-state index in [1.54, 1.807) is 7.11 Å². The molecule has 2 aromatic carbocycles. The van der Waals surface area contributed by atoms with Crippen LogP contribution in [0.3, 0.4) is 0 Å². The number of rotatable bonds is 6. The van der Waals surface area contributed by atoms with Crippen LogP contribution in [-0.2, 0) is 24.3 Å². The van der Waals surface area contributed by atoms with Gasteiger partial charge in [0.2, 0.25) is 5.91 Å². The Balaban J connectivity index is 1.37. The second kappa shape index (κ2) is 8.38. The molecule has 4 aromatic rings. The Hall–Kier alpha value is -3.80. The van der Waals surface area contributed by atoms with Gasteiger partial charge in [-0.1, -0.05) is 30.3 Å². The molecule has 32 heavy (non-hydrogen) atoms. The first-order chi connectivity index (χ1) is 15.6. The first kappa shape index (κ1) is 20.1. The van der Waals surface area contributed by atoms with Crippen LogP contribution in [0.4, 0.5) is 0 Å². The number of hydrogen-bond acceptors (Lipinski definition) is 3. The molecule has 0 saturated carbocycles. The van der Waals surface area contributed by atoms with E-state index in [0.29, 0.717) is 25.9 Å². The smallest absolute Gasteiger partial charge is 0.223 e. The predicted octanol–water partition coefficient (Wildman–Crippen LogP) is 4.46. The SMILES string of the molecule is COc1ccc(CCC(=O)N2Cc3nn(-c4ccccc4C)c(-n4cccc4)c3C2)cc1. The molecule has 5 rings (SSSR count). The number of ether oxygens (including phenoxy) is 1. The first-order valence-electron chi connectivity index (χ1n) is 10.8. The summed E-state index contributed by atoms with van der Waals surface area (Å²) in [6, 6.07) is 20.2. The molecule has 0 saturated heterocycles. The summed E-state index contributed by atoms with van der Waals surface area (Å²) < 4.78 is 9.31. The lowest BCUT2D eigenvalue weighted by Crippen LogP contribution is -2.26. The maximum absolute atomic E-state index is 13.0. The van der Waals surface area contributed by atoms with Gasteiger partial charge in [-0.25, -0.2) is 4.68 Å². The lowest BCUT2D eigenvalue weighted by molar-refractivity contribution is -0.131. The molecule has 0 unspecified atom stereocenters. The van der Waals surface area contributed by atoms with Gasteiger partial charge in [-0.3, -0.25) is 4.79 Å². The number of aromatic nitrogens is 3. The van der Waals surface area contributed by atoms with E-state index in [0.717, 1.165) is 39.6 Å². The molecule has 1 aliphatic rings. The van der Waals surface area contributed by atoms with Crippen molar-refractivity contribution in [2.45, 2.75) is 32.9 Å². The number of benzene rings is 2. The van der Waals surface area contributed by atoms with Gasteiger partial charge in [-0.05, 0) is 54.8 Å². The van der Waals surface area contributed by atoms with Crippen molar-refractivity contribution >= 4 is 5.91 Å². The molecule has 6 nitrogen and oxygen atoms in total. The normalized spacial score (nSPS) is 12.8. The predicted molar refractivity (Wildman–Crippen MR) is 123 cm³/mol. The molecule has 0 atom stereocenters. The zero-order valence-corrected chi connectivity index (χ0v) is 18.4. The molecule has 2 aromatic heterocycles. The Morgan fingerprint density at radius 3 is 2.47 bits per heavy atom. The number of hydrogen-bond donors (Lipinski definition) is 0. The van der Waals surface area contributed by atoms with E-state index in [9.17, 15) is 4.79 Å². The number of carbonyl (C=O) groups is 1. The molecule has 6 heteroatoms. The highest BCUT2D eigenvalue weighted by atomic mass is 16.5. The van der Waals surface area contributed by atoms with Crippen molar-refractivity contribution in [1.29, 1.82) is 0 Å². The maximum Gasteiger partial charge on any atom is 0.223 e. The fourth-order valence-electron chi connectivity index (χ4n) is 4.29. The summed E-state index contributed by atoms with van der Waals surface area (Å²) in [4.78, 5) is 14.9. The van der Waals surface area contributed by atoms with Gasteiger partial charge in [0.05, 0.1) is 31.6 Å². The van der Waals surface area contributed by atoms with E-state index in [2.05, 4.69) is 23.6 Å². The van der Waals surface area contributed by atoms with Gasteiger partial charge in [-0.15, -0.1) is 0 Å². The Kier molecular flexibility index (Phi) is 5.27. The average Bonchev–Trinajstić information content (AvgIpc) is 3.54. The van der Waals surface area contributed by atoms with Crippen LogP contribution in [0.5, 0.6) is 5.75 Å². The van der Waals surface area contributed by atoms with Crippen molar-refractivity contribution in [3.63, 3.8) is 0 Å². The fourth-order valence-corrected chi connectivity index (χ4v) is 4.29. The van der Waals surface area contributed by atoms with Crippen LogP contribution in [0.1, 0.15) is 28.8 Å². The quantitative estimate of drug-likeness (QED) is 0.458. The second-order valence-electron chi connectivity index (χ2n) is 8.14. The lowest BCUT2D eigenvalue weighted by Gasteiger charge is -2.18. The van der Waals surface area contributed by atoms with Gasteiger partial charge < -0.3 is 14.2 Å². The summed E-state index contributed by atoms with van der Waals surface area (Å²) in [5.41, 5.74) is 5.43. The van der Waals surface area contributed by atoms with Gasteiger partial charge in [0.15, 0.2) is 0 Å². The second-order valence-corrected chi connectivity index (χ2v) is 8.14. The number of nitrogens with zero attached hydrogens (tertiary/aromatic N) is 4. The molecule has 0 radical (unpaired) electrons. The molecule has 3 heterocycles. The van der Waals surface area contributed by atoms with E-state index in [4.69, 9.17) is 9.84 Å². The molecular formula is C26H26N4O2. The Labute approximate surface area is 187 Å². The van der Waals surface area contributed by atoms with Crippen LogP contribution in [0, 0.1) is 6.92 Å². The minimum Gasteiger partial charge on any atom is -0.497 e. The van der Waals surface area contributed by atoms with Crippen LogP contribution < -0.4 is 4.74 Å². The molecule has 0 fully saturated rings. The topological polar surface area (TPSA) is 52.3 Å². The molecule has 1 amide bonds. The zero-order chi connectivity index (χ0) is 22.1. The summed E-state index contributed by atoms with van der Waals surface area (Å²) >= 11 is 0. The van der Waals surface area contributed by atoms with Crippen molar-refractivity contribution in [3.8, 4) is 17.3 Å². The molecule has 1 aliphatic heterocycles. The van der Waals surface area contributed by atoms with Gasteiger partial charge in [0, 0.05) is 24.4 Å². The number of aryl methyl sites for hydroxylation is 2. The van der Waals surface area contributed by atoms with E-state index < -0.39 is 0 Å².